The molecular formula is C15H14FNS. The van der Waals surface area contributed by atoms with Crippen molar-refractivity contribution in [1.82, 2.24) is 4.98 Å². The lowest BCUT2D eigenvalue weighted by Gasteiger charge is -2.03. The number of hydrogen-bond acceptors (Lipinski definition) is 2. The van der Waals surface area contributed by atoms with Crippen LogP contribution >= 0.6 is 11.3 Å². The largest absolute Gasteiger partial charge is 0.241 e. The van der Waals surface area contributed by atoms with E-state index in [1.807, 2.05) is 32.1 Å². The average molecular weight is 259 g/mol. The molecule has 2 aromatic rings. The molecule has 0 amide bonds. The molecule has 0 atom stereocenters. The van der Waals surface area contributed by atoms with Gasteiger partial charge in [-0.2, -0.15) is 0 Å². The summed E-state index contributed by atoms with van der Waals surface area (Å²) in [5.41, 5.74) is 2.07. The lowest BCUT2D eigenvalue weighted by atomic mass is 10.1. The number of thiazole rings is 1. The number of rotatable bonds is 3. The molecule has 1 aromatic carbocycles. The Morgan fingerprint density at radius 2 is 2.11 bits per heavy atom. The first-order valence-electron chi connectivity index (χ1n) is 5.67. The smallest absolute Gasteiger partial charge is 0.132 e. The average Bonchev–Trinajstić information content (AvgIpc) is 2.72. The van der Waals surface area contributed by atoms with Gasteiger partial charge in [0.15, 0.2) is 0 Å². The fourth-order valence-electron chi connectivity index (χ4n) is 1.76. The number of benzene rings is 1. The van der Waals surface area contributed by atoms with Gasteiger partial charge in [0.05, 0.1) is 15.6 Å². The standard InChI is InChI=1S/C15H14FNS/c1-4-7-10(2)15-14(17-11(3)18-15)12-8-5-6-9-13(12)16/h4-9H,2H2,1,3H3/b7-4-. The van der Waals surface area contributed by atoms with Crippen molar-refractivity contribution in [2.24, 2.45) is 0 Å². The Morgan fingerprint density at radius 1 is 1.39 bits per heavy atom. The number of allylic oxidation sites excluding steroid dienone is 3. The quantitative estimate of drug-likeness (QED) is 0.718. The highest BCUT2D eigenvalue weighted by Gasteiger charge is 2.15. The van der Waals surface area contributed by atoms with Gasteiger partial charge in [-0.05, 0) is 31.6 Å². The normalized spacial score (nSPS) is 11.1. The number of aromatic nitrogens is 1. The van der Waals surface area contributed by atoms with Crippen LogP contribution < -0.4 is 0 Å². The topological polar surface area (TPSA) is 12.9 Å². The molecule has 0 aliphatic rings. The number of halogens is 1. The Bertz CT molecular complexity index is 611. The zero-order valence-electron chi connectivity index (χ0n) is 10.4. The van der Waals surface area contributed by atoms with E-state index >= 15 is 0 Å². The lowest BCUT2D eigenvalue weighted by molar-refractivity contribution is 0.631. The van der Waals surface area contributed by atoms with Gasteiger partial charge in [-0.1, -0.05) is 30.9 Å². The van der Waals surface area contributed by atoms with Crippen LogP contribution in [0, 0.1) is 12.7 Å². The van der Waals surface area contributed by atoms with Crippen molar-refractivity contribution in [3.63, 3.8) is 0 Å². The third kappa shape index (κ3) is 2.41. The molecule has 18 heavy (non-hydrogen) atoms. The maximum Gasteiger partial charge on any atom is 0.132 e. The second-order valence-electron chi connectivity index (χ2n) is 3.92. The predicted octanol–water partition coefficient (Wildman–Crippen LogP) is 4.85. The molecule has 0 aliphatic heterocycles. The van der Waals surface area contributed by atoms with Crippen molar-refractivity contribution in [1.29, 1.82) is 0 Å². The van der Waals surface area contributed by atoms with E-state index in [1.54, 1.807) is 12.1 Å². The van der Waals surface area contributed by atoms with E-state index < -0.39 is 0 Å². The highest BCUT2D eigenvalue weighted by molar-refractivity contribution is 7.13. The Morgan fingerprint density at radius 3 is 2.78 bits per heavy atom. The van der Waals surface area contributed by atoms with E-state index in [9.17, 15) is 4.39 Å². The summed E-state index contributed by atoms with van der Waals surface area (Å²) in [6.07, 6.45) is 3.83. The highest BCUT2D eigenvalue weighted by Crippen LogP contribution is 2.34. The molecule has 0 fully saturated rings. The Kier molecular flexibility index (Phi) is 3.72. The molecule has 0 spiro atoms. The molecule has 0 aliphatic carbocycles. The second-order valence-corrected chi connectivity index (χ2v) is 5.12. The van der Waals surface area contributed by atoms with Crippen LogP contribution in [-0.2, 0) is 0 Å². The maximum atomic E-state index is 13.8. The molecular weight excluding hydrogens is 245 g/mol. The van der Waals surface area contributed by atoms with Crippen LogP contribution in [0.1, 0.15) is 16.8 Å². The SMILES string of the molecule is C=C(/C=C\C)c1sc(C)nc1-c1ccccc1F. The van der Waals surface area contributed by atoms with E-state index in [0.717, 1.165) is 15.5 Å². The third-order valence-corrected chi connectivity index (χ3v) is 3.57. The van der Waals surface area contributed by atoms with Gasteiger partial charge in [-0.3, -0.25) is 0 Å². The predicted molar refractivity (Wildman–Crippen MR) is 76.1 cm³/mol. The summed E-state index contributed by atoms with van der Waals surface area (Å²) >= 11 is 1.54. The van der Waals surface area contributed by atoms with Crippen LogP contribution in [0.25, 0.3) is 16.8 Å². The van der Waals surface area contributed by atoms with Crippen molar-refractivity contribution >= 4 is 16.9 Å². The van der Waals surface area contributed by atoms with Crippen LogP contribution in [0.3, 0.4) is 0 Å². The van der Waals surface area contributed by atoms with Crippen molar-refractivity contribution in [3.8, 4) is 11.3 Å². The monoisotopic (exact) mass is 259 g/mol. The van der Waals surface area contributed by atoms with E-state index in [-0.39, 0.29) is 5.82 Å². The van der Waals surface area contributed by atoms with Crippen molar-refractivity contribution in [3.05, 3.63) is 58.7 Å². The van der Waals surface area contributed by atoms with E-state index in [1.165, 1.54) is 17.4 Å². The van der Waals surface area contributed by atoms with Gasteiger partial charge in [0, 0.05) is 5.56 Å². The number of aryl methyl sites for hydroxylation is 1. The molecule has 2 rings (SSSR count). The maximum absolute atomic E-state index is 13.8. The minimum atomic E-state index is -0.252. The Balaban J connectivity index is 2.58. The van der Waals surface area contributed by atoms with Gasteiger partial charge >= 0.3 is 0 Å². The molecule has 0 bridgehead atoms. The van der Waals surface area contributed by atoms with Crippen LogP contribution in [0.5, 0.6) is 0 Å². The first-order chi connectivity index (χ1) is 8.63. The summed E-state index contributed by atoms with van der Waals surface area (Å²) in [5.74, 6) is -0.252. The molecule has 1 aromatic heterocycles. The minimum absolute atomic E-state index is 0.252. The van der Waals surface area contributed by atoms with E-state index in [4.69, 9.17) is 0 Å². The van der Waals surface area contributed by atoms with Crippen LogP contribution in [-0.4, -0.2) is 4.98 Å². The summed E-state index contributed by atoms with van der Waals surface area (Å²) in [7, 11) is 0. The van der Waals surface area contributed by atoms with Crippen molar-refractivity contribution < 1.29 is 4.39 Å². The van der Waals surface area contributed by atoms with Crippen molar-refractivity contribution in [2.75, 3.05) is 0 Å². The zero-order valence-corrected chi connectivity index (χ0v) is 11.2. The summed E-state index contributed by atoms with van der Waals surface area (Å²) in [6.45, 7) is 7.86. The number of nitrogens with zero attached hydrogens (tertiary/aromatic N) is 1. The van der Waals surface area contributed by atoms with Gasteiger partial charge in [0.25, 0.3) is 0 Å². The van der Waals surface area contributed by atoms with Gasteiger partial charge in [-0.25, -0.2) is 9.37 Å². The fourth-order valence-corrected chi connectivity index (χ4v) is 2.64. The molecule has 0 N–H and O–H groups in total. The highest BCUT2D eigenvalue weighted by atomic mass is 32.1. The Hall–Kier alpha value is -1.74. The molecule has 0 saturated carbocycles. The van der Waals surface area contributed by atoms with E-state index in [0.29, 0.717) is 11.3 Å². The van der Waals surface area contributed by atoms with E-state index in [2.05, 4.69) is 11.6 Å². The van der Waals surface area contributed by atoms with Crippen molar-refractivity contribution in [2.45, 2.75) is 13.8 Å². The van der Waals surface area contributed by atoms with Crippen LogP contribution in [0.4, 0.5) is 4.39 Å². The molecule has 1 nitrogen and oxygen atoms in total. The Labute approximate surface area is 110 Å². The minimum Gasteiger partial charge on any atom is -0.241 e. The second kappa shape index (κ2) is 5.27. The molecule has 3 heteroatoms. The first kappa shape index (κ1) is 12.7. The zero-order chi connectivity index (χ0) is 13.1. The molecule has 1 heterocycles. The summed E-state index contributed by atoms with van der Waals surface area (Å²) in [4.78, 5) is 5.36. The van der Waals surface area contributed by atoms with Gasteiger partial charge in [-0.15, -0.1) is 11.3 Å². The van der Waals surface area contributed by atoms with Gasteiger partial charge < -0.3 is 0 Å². The molecule has 0 saturated heterocycles. The summed E-state index contributed by atoms with van der Waals surface area (Å²) in [6, 6.07) is 6.69. The molecule has 0 radical (unpaired) electrons. The third-order valence-electron chi connectivity index (χ3n) is 2.52. The molecule has 92 valence electrons. The fraction of sp³-hybridized carbons (Fsp3) is 0.133. The van der Waals surface area contributed by atoms with Gasteiger partial charge in [0.2, 0.25) is 0 Å². The van der Waals surface area contributed by atoms with Crippen LogP contribution in [0.15, 0.2) is 43.0 Å². The summed E-state index contributed by atoms with van der Waals surface area (Å²) < 4.78 is 13.8. The lowest BCUT2D eigenvalue weighted by Crippen LogP contribution is -1.87. The van der Waals surface area contributed by atoms with Crippen LogP contribution in [0.2, 0.25) is 0 Å². The molecule has 0 unspecified atom stereocenters. The van der Waals surface area contributed by atoms with Gasteiger partial charge in [0.1, 0.15) is 5.82 Å². The summed E-state index contributed by atoms with van der Waals surface area (Å²) in [5, 5.41) is 0.911. The first-order valence-corrected chi connectivity index (χ1v) is 6.49. The number of hydrogen-bond donors (Lipinski definition) is 0.